The molecule has 1 aromatic carbocycles. The second-order valence-electron chi connectivity index (χ2n) is 8.17. The SMILES string of the molecule is CCCCCOc1ccc(C(=O)N(Cc2ccco2)Cc2nn(C)c3c2CCC3)cc1. The molecule has 0 N–H and O–H groups in total. The van der Waals surface area contributed by atoms with Gasteiger partial charge in [0.15, 0.2) is 0 Å². The van der Waals surface area contributed by atoms with Gasteiger partial charge in [-0.15, -0.1) is 0 Å². The van der Waals surface area contributed by atoms with Gasteiger partial charge in [-0.1, -0.05) is 19.8 Å². The van der Waals surface area contributed by atoms with Gasteiger partial charge in [-0.25, -0.2) is 0 Å². The summed E-state index contributed by atoms with van der Waals surface area (Å²) in [6, 6.07) is 11.2. The van der Waals surface area contributed by atoms with Gasteiger partial charge in [0, 0.05) is 18.3 Å². The number of hydrogen-bond donors (Lipinski definition) is 0. The van der Waals surface area contributed by atoms with E-state index in [1.54, 1.807) is 6.26 Å². The van der Waals surface area contributed by atoms with E-state index in [-0.39, 0.29) is 5.91 Å². The third-order valence-electron chi connectivity index (χ3n) is 5.87. The van der Waals surface area contributed by atoms with Gasteiger partial charge in [0.1, 0.15) is 11.5 Å². The highest BCUT2D eigenvalue weighted by molar-refractivity contribution is 5.94. The van der Waals surface area contributed by atoms with Gasteiger partial charge in [-0.3, -0.25) is 9.48 Å². The molecule has 2 aromatic heterocycles. The van der Waals surface area contributed by atoms with E-state index < -0.39 is 0 Å². The van der Waals surface area contributed by atoms with Crippen molar-refractivity contribution in [3.8, 4) is 5.75 Å². The number of unbranched alkanes of at least 4 members (excludes halogenated alkanes) is 2. The lowest BCUT2D eigenvalue weighted by atomic mass is 10.1. The van der Waals surface area contributed by atoms with Crippen molar-refractivity contribution in [2.24, 2.45) is 7.05 Å². The number of aromatic nitrogens is 2. The minimum atomic E-state index is -0.0358. The average molecular weight is 422 g/mol. The number of carbonyl (C=O) groups excluding carboxylic acids is 1. The highest BCUT2D eigenvalue weighted by atomic mass is 16.5. The Morgan fingerprint density at radius 2 is 2.00 bits per heavy atom. The van der Waals surface area contributed by atoms with Gasteiger partial charge in [0.05, 0.1) is 31.7 Å². The van der Waals surface area contributed by atoms with Gasteiger partial charge in [0.2, 0.25) is 0 Å². The Bertz CT molecular complexity index is 990. The summed E-state index contributed by atoms with van der Waals surface area (Å²) in [5.74, 6) is 1.52. The van der Waals surface area contributed by atoms with Gasteiger partial charge < -0.3 is 14.1 Å². The van der Waals surface area contributed by atoms with E-state index in [9.17, 15) is 4.79 Å². The number of carbonyl (C=O) groups is 1. The second-order valence-corrected chi connectivity index (χ2v) is 8.17. The third kappa shape index (κ3) is 5.01. The van der Waals surface area contributed by atoms with Gasteiger partial charge in [-0.2, -0.15) is 5.10 Å². The summed E-state index contributed by atoms with van der Waals surface area (Å²) in [6.07, 6.45) is 8.26. The van der Waals surface area contributed by atoms with Crippen LogP contribution in [0.15, 0.2) is 47.1 Å². The molecule has 1 amide bonds. The topological polar surface area (TPSA) is 60.5 Å². The van der Waals surface area contributed by atoms with Gasteiger partial charge in [0.25, 0.3) is 5.91 Å². The second kappa shape index (κ2) is 9.86. The van der Waals surface area contributed by atoms with E-state index in [4.69, 9.17) is 14.3 Å². The first-order valence-corrected chi connectivity index (χ1v) is 11.2. The summed E-state index contributed by atoms with van der Waals surface area (Å²) >= 11 is 0. The van der Waals surface area contributed by atoms with Crippen LogP contribution in [0, 0.1) is 0 Å². The van der Waals surface area contributed by atoms with Crippen molar-refractivity contribution in [2.45, 2.75) is 58.5 Å². The average Bonchev–Trinajstić information content (AvgIpc) is 3.52. The predicted octanol–water partition coefficient (Wildman–Crippen LogP) is 4.91. The normalized spacial score (nSPS) is 12.7. The standard InChI is InChI=1S/C25H31N3O3/c1-3-4-5-15-30-20-13-11-19(12-14-20)25(29)28(17-21-8-7-16-31-21)18-23-22-9-6-10-24(22)27(2)26-23/h7-8,11-14,16H,3-6,9-10,15,17-18H2,1-2H3. The molecule has 6 nitrogen and oxygen atoms in total. The fourth-order valence-electron chi connectivity index (χ4n) is 4.21. The van der Waals surface area contributed by atoms with E-state index in [0.717, 1.165) is 49.3 Å². The zero-order chi connectivity index (χ0) is 21.6. The Hall–Kier alpha value is -3.02. The predicted molar refractivity (Wildman–Crippen MR) is 119 cm³/mol. The van der Waals surface area contributed by atoms with Gasteiger partial charge in [-0.05, 0) is 67.6 Å². The molecule has 4 rings (SSSR count). The van der Waals surface area contributed by atoms with Crippen molar-refractivity contribution >= 4 is 5.91 Å². The molecule has 0 spiro atoms. The van der Waals surface area contributed by atoms with E-state index in [1.165, 1.54) is 17.7 Å². The maximum absolute atomic E-state index is 13.4. The number of nitrogens with zero attached hydrogens (tertiary/aromatic N) is 3. The van der Waals surface area contributed by atoms with Crippen LogP contribution in [0.2, 0.25) is 0 Å². The van der Waals surface area contributed by atoms with Crippen molar-refractivity contribution in [1.29, 1.82) is 0 Å². The Labute approximate surface area is 183 Å². The molecule has 1 aliphatic rings. The maximum atomic E-state index is 13.4. The van der Waals surface area contributed by atoms with Crippen molar-refractivity contribution in [1.82, 2.24) is 14.7 Å². The minimum absolute atomic E-state index is 0.0358. The van der Waals surface area contributed by atoms with Gasteiger partial charge >= 0.3 is 0 Å². The summed E-state index contributed by atoms with van der Waals surface area (Å²) < 4.78 is 13.3. The number of fused-ring (bicyclic) bond motifs is 1. The van der Waals surface area contributed by atoms with Crippen LogP contribution >= 0.6 is 0 Å². The van der Waals surface area contributed by atoms with Crippen LogP contribution in [0.4, 0.5) is 0 Å². The molecule has 0 unspecified atom stereocenters. The van der Waals surface area contributed by atoms with Crippen molar-refractivity contribution < 1.29 is 13.9 Å². The van der Waals surface area contributed by atoms with Crippen LogP contribution in [0.3, 0.4) is 0 Å². The minimum Gasteiger partial charge on any atom is -0.494 e. The van der Waals surface area contributed by atoms with E-state index in [1.807, 2.05) is 53.0 Å². The monoisotopic (exact) mass is 421 g/mol. The quantitative estimate of drug-likeness (QED) is 0.436. The molecule has 0 saturated heterocycles. The zero-order valence-corrected chi connectivity index (χ0v) is 18.5. The summed E-state index contributed by atoms with van der Waals surface area (Å²) in [4.78, 5) is 15.2. The van der Waals surface area contributed by atoms with Crippen LogP contribution in [0.1, 0.15) is 65.7 Å². The number of furan rings is 1. The number of hydrogen-bond acceptors (Lipinski definition) is 4. The molecule has 0 radical (unpaired) electrons. The molecule has 0 bridgehead atoms. The molecular formula is C25H31N3O3. The largest absolute Gasteiger partial charge is 0.494 e. The molecular weight excluding hydrogens is 390 g/mol. The van der Waals surface area contributed by atoms with Crippen molar-refractivity contribution in [3.63, 3.8) is 0 Å². The fourth-order valence-corrected chi connectivity index (χ4v) is 4.21. The van der Waals surface area contributed by atoms with Crippen LogP contribution in [0.5, 0.6) is 5.75 Å². The first kappa shape index (κ1) is 21.2. The summed E-state index contributed by atoms with van der Waals surface area (Å²) in [5, 5.41) is 4.71. The van der Waals surface area contributed by atoms with Crippen LogP contribution in [-0.4, -0.2) is 27.2 Å². The Balaban J connectivity index is 1.50. The summed E-state index contributed by atoms with van der Waals surface area (Å²) in [6.45, 7) is 3.76. The van der Waals surface area contributed by atoms with Crippen LogP contribution in [-0.2, 0) is 33.0 Å². The Morgan fingerprint density at radius 1 is 1.16 bits per heavy atom. The number of rotatable bonds is 10. The molecule has 3 aromatic rings. The van der Waals surface area contributed by atoms with E-state index in [0.29, 0.717) is 25.3 Å². The smallest absolute Gasteiger partial charge is 0.254 e. The molecule has 0 aliphatic heterocycles. The number of ether oxygens (including phenoxy) is 1. The molecule has 0 fully saturated rings. The van der Waals surface area contributed by atoms with Crippen molar-refractivity contribution in [3.05, 3.63) is 70.9 Å². The first-order valence-electron chi connectivity index (χ1n) is 11.2. The lowest BCUT2D eigenvalue weighted by Crippen LogP contribution is -2.30. The molecule has 0 atom stereocenters. The molecule has 0 saturated carbocycles. The van der Waals surface area contributed by atoms with Crippen molar-refractivity contribution in [2.75, 3.05) is 6.61 Å². The molecule has 1 aliphatic carbocycles. The molecule has 31 heavy (non-hydrogen) atoms. The third-order valence-corrected chi connectivity index (χ3v) is 5.87. The summed E-state index contributed by atoms with van der Waals surface area (Å²) in [7, 11) is 1.99. The molecule has 2 heterocycles. The van der Waals surface area contributed by atoms with Crippen LogP contribution in [0.25, 0.3) is 0 Å². The van der Waals surface area contributed by atoms with Crippen LogP contribution < -0.4 is 4.74 Å². The lowest BCUT2D eigenvalue weighted by Gasteiger charge is -2.21. The fraction of sp³-hybridized carbons (Fsp3) is 0.440. The summed E-state index contributed by atoms with van der Waals surface area (Å²) in [5.41, 5.74) is 4.23. The molecule has 6 heteroatoms. The first-order chi connectivity index (χ1) is 15.2. The highest BCUT2D eigenvalue weighted by Gasteiger charge is 2.25. The Morgan fingerprint density at radius 3 is 2.74 bits per heavy atom. The van der Waals surface area contributed by atoms with E-state index in [2.05, 4.69) is 6.92 Å². The number of aryl methyl sites for hydroxylation is 1. The lowest BCUT2D eigenvalue weighted by molar-refractivity contribution is 0.0714. The van der Waals surface area contributed by atoms with E-state index >= 15 is 0 Å². The molecule has 164 valence electrons. The number of benzene rings is 1. The zero-order valence-electron chi connectivity index (χ0n) is 18.5. The number of amides is 1. The Kier molecular flexibility index (Phi) is 6.75. The highest BCUT2D eigenvalue weighted by Crippen LogP contribution is 2.26. The maximum Gasteiger partial charge on any atom is 0.254 e.